The van der Waals surface area contributed by atoms with Crippen LogP contribution in [0.4, 0.5) is 0 Å². The highest BCUT2D eigenvalue weighted by atomic mass is 35.5. The lowest BCUT2D eigenvalue weighted by atomic mass is 10.0. The van der Waals surface area contributed by atoms with Crippen LogP contribution in [0.3, 0.4) is 0 Å². The van der Waals surface area contributed by atoms with Gasteiger partial charge in [-0.1, -0.05) is 36.7 Å². The van der Waals surface area contributed by atoms with Crippen LogP contribution in [0.15, 0.2) is 24.3 Å². The molecule has 1 aliphatic carbocycles. The number of halogens is 1. The Morgan fingerprint density at radius 1 is 1.40 bits per heavy atom. The number of rotatable bonds is 2. The van der Waals surface area contributed by atoms with Crippen LogP contribution in [-0.2, 0) is 9.59 Å². The fraction of sp³-hybridized carbons (Fsp3) is 0.467. The van der Waals surface area contributed by atoms with Crippen molar-refractivity contribution in [2.45, 2.75) is 19.4 Å². The molecule has 1 heterocycles. The monoisotopic (exact) mass is 292 g/mol. The number of benzene rings is 1. The molecule has 1 N–H and O–H groups in total. The van der Waals surface area contributed by atoms with Gasteiger partial charge in [0.2, 0.25) is 11.8 Å². The topological polar surface area (TPSA) is 49.4 Å². The number of carbonyl (C=O) groups is 2. The van der Waals surface area contributed by atoms with Crippen LogP contribution in [0.2, 0.25) is 5.02 Å². The molecule has 3 rings (SSSR count). The Hall–Kier alpha value is -1.55. The summed E-state index contributed by atoms with van der Waals surface area (Å²) in [6.07, 6.45) is 0.923. The predicted molar refractivity (Wildman–Crippen MR) is 76.2 cm³/mol. The Bertz CT molecular complexity index is 561. The van der Waals surface area contributed by atoms with E-state index in [1.165, 1.54) is 0 Å². The molecule has 3 atom stereocenters. The van der Waals surface area contributed by atoms with Gasteiger partial charge in [-0.3, -0.25) is 9.59 Å². The Labute approximate surface area is 123 Å². The highest BCUT2D eigenvalue weighted by molar-refractivity contribution is 6.31. The fourth-order valence-electron chi connectivity index (χ4n) is 2.79. The number of carbonyl (C=O) groups excluding carboxylic acids is 2. The third-order valence-corrected chi connectivity index (χ3v) is 4.47. The lowest BCUT2D eigenvalue weighted by Gasteiger charge is -2.36. The maximum atomic E-state index is 12.5. The van der Waals surface area contributed by atoms with E-state index in [1.54, 1.807) is 11.0 Å². The molecule has 2 fully saturated rings. The van der Waals surface area contributed by atoms with Gasteiger partial charge in [-0.05, 0) is 18.4 Å². The first-order valence-electron chi connectivity index (χ1n) is 6.92. The van der Waals surface area contributed by atoms with Crippen molar-refractivity contribution in [3.8, 4) is 0 Å². The van der Waals surface area contributed by atoms with Crippen LogP contribution in [0.5, 0.6) is 0 Å². The van der Waals surface area contributed by atoms with Crippen molar-refractivity contribution in [2.75, 3.05) is 13.1 Å². The molecule has 0 unspecified atom stereocenters. The number of piperazine rings is 1. The molecular weight excluding hydrogens is 276 g/mol. The van der Waals surface area contributed by atoms with Crippen molar-refractivity contribution < 1.29 is 9.59 Å². The van der Waals surface area contributed by atoms with Gasteiger partial charge in [-0.25, -0.2) is 0 Å². The molecule has 2 aliphatic rings. The fourth-order valence-corrected chi connectivity index (χ4v) is 3.03. The van der Waals surface area contributed by atoms with E-state index in [2.05, 4.69) is 12.2 Å². The minimum Gasteiger partial charge on any atom is -0.352 e. The average molecular weight is 293 g/mol. The summed E-state index contributed by atoms with van der Waals surface area (Å²) in [5.41, 5.74) is 0.702. The van der Waals surface area contributed by atoms with Crippen LogP contribution in [0.1, 0.15) is 24.9 Å². The highest BCUT2D eigenvalue weighted by Crippen LogP contribution is 2.41. The van der Waals surface area contributed by atoms with E-state index in [-0.39, 0.29) is 17.7 Å². The standard InChI is InChI=1S/C15H17ClN2O2/c1-9-8-11(9)15(20)18-7-6-17-14(19)13(18)10-4-2-3-5-12(10)16/h2-5,9,11,13H,6-8H2,1H3,(H,17,19)/t9-,11+,13+/m1/s1. The van der Waals surface area contributed by atoms with Crippen molar-refractivity contribution in [1.29, 1.82) is 0 Å². The normalized spacial score (nSPS) is 29.0. The maximum absolute atomic E-state index is 12.5. The molecule has 106 valence electrons. The van der Waals surface area contributed by atoms with Gasteiger partial charge in [0.25, 0.3) is 0 Å². The molecule has 1 aromatic carbocycles. The van der Waals surface area contributed by atoms with Gasteiger partial charge in [0.1, 0.15) is 6.04 Å². The second kappa shape index (κ2) is 5.09. The van der Waals surface area contributed by atoms with Crippen LogP contribution in [0.25, 0.3) is 0 Å². The zero-order chi connectivity index (χ0) is 14.3. The van der Waals surface area contributed by atoms with Crippen LogP contribution in [0, 0.1) is 11.8 Å². The molecule has 20 heavy (non-hydrogen) atoms. The minimum atomic E-state index is -0.599. The van der Waals surface area contributed by atoms with Crippen molar-refractivity contribution in [1.82, 2.24) is 10.2 Å². The molecule has 0 spiro atoms. The minimum absolute atomic E-state index is 0.0749. The van der Waals surface area contributed by atoms with Crippen molar-refractivity contribution in [3.05, 3.63) is 34.9 Å². The molecule has 2 amide bonds. The van der Waals surface area contributed by atoms with Gasteiger partial charge in [0, 0.05) is 29.6 Å². The number of amides is 2. The molecule has 0 aromatic heterocycles. The van der Waals surface area contributed by atoms with Gasteiger partial charge in [-0.2, -0.15) is 0 Å². The smallest absolute Gasteiger partial charge is 0.247 e. The highest BCUT2D eigenvalue weighted by Gasteiger charge is 2.45. The molecular formula is C15H17ClN2O2. The summed E-state index contributed by atoms with van der Waals surface area (Å²) >= 11 is 6.20. The SMILES string of the molecule is C[C@@H]1C[C@@H]1C(=O)N1CCNC(=O)[C@@H]1c1ccccc1Cl. The third-order valence-electron chi connectivity index (χ3n) is 4.12. The molecule has 0 radical (unpaired) electrons. The first-order valence-corrected chi connectivity index (χ1v) is 7.30. The first-order chi connectivity index (χ1) is 9.59. The second-order valence-corrected chi connectivity index (χ2v) is 5.97. The van der Waals surface area contributed by atoms with Gasteiger partial charge < -0.3 is 10.2 Å². The summed E-state index contributed by atoms with van der Waals surface area (Å²) in [4.78, 5) is 26.4. The Morgan fingerprint density at radius 2 is 2.10 bits per heavy atom. The van der Waals surface area contributed by atoms with E-state index < -0.39 is 6.04 Å². The zero-order valence-electron chi connectivity index (χ0n) is 11.3. The largest absolute Gasteiger partial charge is 0.352 e. The van der Waals surface area contributed by atoms with Crippen molar-refractivity contribution in [2.24, 2.45) is 11.8 Å². The van der Waals surface area contributed by atoms with Crippen molar-refractivity contribution in [3.63, 3.8) is 0 Å². The lowest BCUT2D eigenvalue weighted by molar-refractivity contribution is -0.144. The second-order valence-electron chi connectivity index (χ2n) is 5.57. The van der Waals surface area contributed by atoms with Crippen LogP contribution in [-0.4, -0.2) is 29.8 Å². The molecule has 1 saturated heterocycles. The third kappa shape index (κ3) is 2.29. The quantitative estimate of drug-likeness (QED) is 0.906. The predicted octanol–water partition coefficient (Wildman–Crippen LogP) is 2.00. The van der Waals surface area contributed by atoms with E-state index >= 15 is 0 Å². The average Bonchev–Trinajstić information content (AvgIpc) is 3.16. The summed E-state index contributed by atoms with van der Waals surface area (Å²) in [6.45, 7) is 3.12. The van der Waals surface area contributed by atoms with E-state index in [4.69, 9.17) is 11.6 Å². The van der Waals surface area contributed by atoms with E-state index in [9.17, 15) is 9.59 Å². The number of nitrogens with zero attached hydrogens (tertiary/aromatic N) is 1. The van der Waals surface area contributed by atoms with E-state index in [0.717, 1.165) is 6.42 Å². The van der Waals surface area contributed by atoms with Gasteiger partial charge in [0.15, 0.2) is 0 Å². The van der Waals surface area contributed by atoms with Crippen LogP contribution >= 0.6 is 11.6 Å². The summed E-state index contributed by atoms with van der Waals surface area (Å²) in [5.74, 6) is 0.438. The number of hydrogen-bond donors (Lipinski definition) is 1. The zero-order valence-corrected chi connectivity index (χ0v) is 12.1. The summed E-state index contributed by atoms with van der Waals surface area (Å²) in [6, 6.07) is 6.63. The Balaban J connectivity index is 1.93. The molecule has 0 bridgehead atoms. The summed E-state index contributed by atoms with van der Waals surface area (Å²) < 4.78 is 0. The lowest BCUT2D eigenvalue weighted by Crippen LogP contribution is -2.52. The summed E-state index contributed by atoms with van der Waals surface area (Å²) in [7, 11) is 0. The van der Waals surface area contributed by atoms with Crippen LogP contribution < -0.4 is 5.32 Å². The Kier molecular flexibility index (Phi) is 3.42. The maximum Gasteiger partial charge on any atom is 0.247 e. The molecule has 1 aromatic rings. The van der Waals surface area contributed by atoms with E-state index in [0.29, 0.717) is 29.6 Å². The van der Waals surface area contributed by atoms with Crippen molar-refractivity contribution >= 4 is 23.4 Å². The molecule has 5 heteroatoms. The van der Waals surface area contributed by atoms with Gasteiger partial charge >= 0.3 is 0 Å². The number of hydrogen-bond acceptors (Lipinski definition) is 2. The number of nitrogens with one attached hydrogen (secondary N) is 1. The van der Waals surface area contributed by atoms with Gasteiger partial charge in [0.05, 0.1) is 0 Å². The Morgan fingerprint density at radius 3 is 2.75 bits per heavy atom. The molecule has 4 nitrogen and oxygen atoms in total. The first kappa shape index (κ1) is 13.4. The van der Waals surface area contributed by atoms with Gasteiger partial charge in [-0.15, -0.1) is 0 Å². The summed E-state index contributed by atoms with van der Waals surface area (Å²) in [5, 5.41) is 3.35. The molecule has 1 aliphatic heterocycles. The van der Waals surface area contributed by atoms with E-state index in [1.807, 2.05) is 18.2 Å². The molecule has 1 saturated carbocycles.